The van der Waals surface area contributed by atoms with Crippen molar-refractivity contribution in [2.24, 2.45) is 5.92 Å². The van der Waals surface area contributed by atoms with Crippen LogP contribution in [0.25, 0.3) is 0 Å². The van der Waals surface area contributed by atoms with E-state index < -0.39 is 0 Å². The van der Waals surface area contributed by atoms with Crippen LogP contribution >= 0.6 is 0 Å². The number of nitriles is 2. The number of nitrogens with zero attached hydrogens (tertiary/aromatic N) is 3. The highest BCUT2D eigenvalue weighted by atomic mass is 16.3. The van der Waals surface area contributed by atoms with E-state index in [0.29, 0.717) is 13.0 Å². The topological polar surface area (TPSA) is 100 Å². The van der Waals surface area contributed by atoms with Crippen LogP contribution < -0.4 is 5.32 Å². The Morgan fingerprint density at radius 3 is 2.64 bits per heavy atom. The molecule has 1 aliphatic rings. The van der Waals surface area contributed by atoms with E-state index in [-0.39, 0.29) is 34.9 Å². The molecule has 116 valence electrons. The second-order valence-electron chi connectivity index (χ2n) is 4.82. The molecule has 0 bridgehead atoms. The van der Waals surface area contributed by atoms with Gasteiger partial charge in [0, 0.05) is 6.54 Å². The van der Waals surface area contributed by atoms with E-state index in [2.05, 4.69) is 11.4 Å². The molecule has 1 aromatic rings. The number of para-hydroxylation sites is 1. The fourth-order valence-electron chi connectivity index (χ4n) is 2.31. The number of carbonyl (C=O) groups is 1. The number of amides is 1. The van der Waals surface area contributed by atoms with Crippen LogP contribution in [-0.2, 0) is 4.79 Å². The number of aromatic hydroxyl groups is 1. The smallest absolute Gasteiger partial charge is 0.228 e. The van der Waals surface area contributed by atoms with Crippen LogP contribution in [0.15, 0.2) is 18.2 Å². The summed E-state index contributed by atoms with van der Waals surface area (Å²) in [5.41, 5.74) is 0.332. The fourth-order valence-corrected chi connectivity index (χ4v) is 2.31. The molecular formula is C16H20N4O2. The van der Waals surface area contributed by atoms with E-state index in [1.54, 1.807) is 13.1 Å². The third kappa shape index (κ3) is 3.75. The Hall–Kier alpha value is -2.57. The van der Waals surface area contributed by atoms with Crippen molar-refractivity contribution in [3.63, 3.8) is 0 Å². The summed E-state index contributed by atoms with van der Waals surface area (Å²) in [6.07, 6.45) is 0.470. The maximum atomic E-state index is 12.1. The van der Waals surface area contributed by atoms with Gasteiger partial charge in [0.25, 0.3) is 0 Å². The standard InChI is InChI=1S/C14H14N4O2.C2H6/c1-18-8-10(5-11(18)7-16)14(20)17-12-4-2-3-9(6-15)13(12)19;1-2/h2-4,10-11,19H,5,8H2,1H3,(H,17,20);1-2H3. The summed E-state index contributed by atoms with van der Waals surface area (Å²) in [6.45, 7) is 4.50. The Bertz CT molecular complexity index is 616. The SMILES string of the molecule is CC.CN1CC(C(=O)Nc2cccc(C#N)c2O)CC1C#N. The van der Waals surface area contributed by atoms with Crippen LogP contribution in [0.5, 0.6) is 5.75 Å². The van der Waals surface area contributed by atoms with E-state index in [1.165, 1.54) is 12.1 Å². The van der Waals surface area contributed by atoms with Gasteiger partial charge in [0.05, 0.1) is 29.3 Å². The lowest BCUT2D eigenvalue weighted by atomic mass is 10.0. The van der Waals surface area contributed by atoms with E-state index in [9.17, 15) is 9.90 Å². The zero-order chi connectivity index (χ0) is 16.7. The van der Waals surface area contributed by atoms with Gasteiger partial charge in [-0.2, -0.15) is 10.5 Å². The Labute approximate surface area is 130 Å². The summed E-state index contributed by atoms with van der Waals surface area (Å²) in [5, 5.41) is 30.2. The first-order valence-corrected chi connectivity index (χ1v) is 7.19. The number of carbonyl (C=O) groups excluding carboxylic acids is 1. The number of nitrogens with one attached hydrogen (secondary N) is 1. The van der Waals surface area contributed by atoms with E-state index in [4.69, 9.17) is 10.5 Å². The maximum absolute atomic E-state index is 12.1. The van der Waals surface area contributed by atoms with Crippen molar-refractivity contribution in [3.05, 3.63) is 23.8 Å². The van der Waals surface area contributed by atoms with Crippen molar-refractivity contribution in [3.8, 4) is 17.9 Å². The van der Waals surface area contributed by atoms with Crippen molar-refractivity contribution in [1.29, 1.82) is 10.5 Å². The predicted octanol–water partition coefficient (Wildman–Crippen LogP) is 2.07. The van der Waals surface area contributed by atoms with Crippen molar-refractivity contribution >= 4 is 11.6 Å². The maximum Gasteiger partial charge on any atom is 0.228 e. The van der Waals surface area contributed by atoms with Gasteiger partial charge >= 0.3 is 0 Å². The van der Waals surface area contributed by atoms with Gasteiger partial charge in [0.2, 0.25) is 5.91 Å². The molecule has 2 rings (SSSR count). The van der Waals surface area contributed by atoms with Gasteiger partial charge in [-0.15, -0.1) is 0 Å². The Kier molecular flexibility index (Phi) is 6.37. The van der Waals surface area contributed by atoms with E-state index in [1.807, 2.05) is 24.8 Å². The zero-order valence-corrected chi connectivity index (χ0v) is 13.0. The Balaban J connectivity index is 0.00000116. The number of hydrogen-bond acceptors (Lipinski definition) is 5. The van der Waals surface area contributed by atoms with Gasteiger partial charge in [-0.1, -0.05) is 19.9 Å². The highest BCUT2D eigenvalue weighted by Crippen LogP contribution is 2.29. The van der Waals surface area contributed by atoms with Gasteiger partial charge in [0.1, 0.15) is 6.07 Å². The number of rotatable bonds is 2. The summed E-state index contributed by atoms with van der Waals surface area (Å²) >= 11 is 0. The first kappa shape index (κ1) is 17.5. The van der Waals surface area contributed by atoms with Crippen LogP contribution in [0.3, 0.4) is 0 Å². The first-order valence-electron chi connectivity index (χ1n) is 7.19. The molecule has 0 radical (unpaired) electrons. The Morgan fingerprint density at radius 2 is 2.09 bits per heavy atom. The fraction of sp³-hybridized carbons (Fsp3) is 0.438. The average Bonchev–Trinajstić information content (AvgIpc) is 2.92. The largest absolute Gasteiger partial charge is 0.504 e. The summed E-state index contributed by atoms with van der Waals surface area (Å²) in [6, 6.07) is 8.33. The minimum atomic E-state index is -0.296. The van der Waals surface area contributed by atoms with Gasteiger partial charge in [-0.05, 0) is 25.6 Å². The molecule has 1 aliphatic heterocycles. The number of hydrogen-bond donors (Lipinski definition) is 2. The molecule has 0 aromatic heterocycles. The lowest BCUT2D eigenvalue weighted by molar-refractivity contribution is -0.119. The number of phenols is 1. The normalized spacial score (nSPS) is 20.2. The zero-order valence-electron chi connectivity index (χ0n) is 13.0. The second-order valence-corrected chi connectivity index (χ2v) is 4.82. The predicted molar refractivity (Wildman–Crippen MR) is 82.9 cm³/mol. The molecule has 6 nitrogen and oxygen atoms in total. The molecule has 1 fully saturated rings. The van der Waals surface area contributed by atoms with Gasteiger partial charge in [0.15, 0.2) is 5.75 Å². The van der Waals surface area contributed by atoms with Crippen LogP contribution in [0.2, 0.25) is 0 Å². The molecule has 0 spiro atoms. The summed E-state index contributed by atoms with van der Waals surface area (Å²) in [5.74, 6) is -0.777. The third-order valence-corrected chi connectivity index (χ3v) is 3.48. The first-order chi connectivity index (χ1) is 10.6. The van der Waals surface area contributed by atoms with E-state index >= 15 is 0 Å². The monoisotopic (exact) mass is 300 g/mol. The summed E-state index contributed by atoms with van der Waals surface area (Å²) < 4.78 is 0. The number of benzene rings is 1. The number of phenolic OH excluding ortho intramolecular Hbond substituents is 1. The van der Waals surface area contributed by atoms with Gasteiger partial charge in [-0.25, -0.2) is 0 Å². The minimum Gasteiger partial charge on any atom is -0.504 e. The molecule has 1 heterocycles. The molecule has 1 saturated heterocycles. The van der Waals surface area contributed by atoms with Crippen molar-refractivity contribution in [2.75, 3.05) is 18.9 Å². The highest BCUT2D eigenvalue weighted by molar-refractivity contribution is 5.94. The second kappa shape index (κ2) is 8.02. The molecule has 2 unspecified atom stereocenters. The lowest BCUT2D eigenvalue weighted by Crippen LogP contribution is -2.26. The lowest BCUT2D eigenvalue weighted by Gasteiger charge is -2.12. The van der Waals surface area contributed by atoms with E-state index in [0.717, 1.165) is 0 Å². The molecule has 6 heteroatoms. The average molecular weight is 300 g/mol. The molecule has 1 aromatic carbocycles. The van der Waals surface area contributed by atoms with Crippen LogP contribution in [0.1, 0.15) is 25.8 Å². The Morgan fingerprint density at radius 1 is 1.41 bits per heavy atom. The number of likely N-dealkylation sites (tertiary alicyclic amines) is 1. The van der Waals surface area contributed by atoms with Crippen molar-refractivity contribution in [1.82, 2.24) is 4.90 Å². The molecule has 0 saturated carbocycles. The quantitative estimate of drug-likeness (QED) is 0.814. The molecule has 1 amide bonds. The van der Waals surface area contributed by atoms with Crippen LogP contribution in [0, 0.1) is 28.6 Å². The van der Waals surface area contributed by atoms with Crippen molar-refractivity contribution in [2.45, 2.75) is 26.3 Å². The summed E-state index contributed by atoms with van der Waals surface area (Å²) in [4.78, 5) is 14.0. The van der Waals surface area contributed by atoms with Crippen LogP contribution in [-0.4, -0.2) is 35.5 Å². The van der Waals surface area contributed by atoms with Gasteiger partial charge in [-0.3, -0.25) is 9.69 Å². The molecular weight excluding hydrogens is 280 g/mol. The molecule has 22 heavy (non-hydrogen) atoms. The van der Waals surface area contributed by atoms with Crippen molar-refractivity contribution < 1.29 is 9.90 Å². The molecule has 2 atom stereocenters. The molecule has 2 N–H and O–H groups in total. The van der Waals surface area contributed by atoms with Gasteiger partial charge < -0.3 is 10.4 Å². The molecule has 0 aliphatic carbocycles. The number of anilines is 1. The highest BCUT2D eigenvalue weighted by Gasteiger charge is 2.34. The third-order valence-electron chi connectivity index (χ3n) is 3.48. The van der Waals surface area contributed by atoms with Crippen LogP contribution in [0.4, 0.5) is 5.69 Å². The summed E-state index contributed by atoms with van der Waals surface area (Å²) in [7, 11) is 1.80. The minimum absolute atomic E-state index is 0.112.